The summed E-state index contributed by atoms with van der Waals surface area (Å²) in [5, 5.41) is 5.15. The fourth-order valence-electron chi connectivity index (χ4n) is 11.2. The van der Waals surface area contributed by atoms with Crippen LogP contribution in [0.15, 0.2) is 180 Å². The number of unbranched alkanes of at least 4 members (excludes halogenated alkanes) is 2. The third kappa shape index (κ3) is 11.6. The van der Waals surface area contributed by atoms with Crippen molar-refractivity contribution >= 4 is 67.1 Å². The molecule has 406 valence electrons. The zero-order valence-corrected chi connectivity index (χ0v) is 47.9. The fraction of sp³-hybridized carbons (Fsp3) is 0.304. The van der Waals surface area contributed by atoms with Crippen LogP contribution in [0.25, 0.3) is 55.0 Å². The molecule has 8 nitrogen and oxygen atoms in total. The van der Waals surface area contributed by atoms with Gasteiger partial charge in [-0.2, -0.15) is 0 Å². The van der Waals surface area contributed by atoms with E-state index in [0.29, 0.717) is 75.9 Å². The van der Waals surface area contributed by atoms with Gasteiger partial charge >= 0.3 is 0 Å². The number of thioether (sulfide) groups is 2. The van der Waals surface area contributed by atoms with Gasteiger partial charge in [-0.05, 0) is 117 Å². The number of aryl methyl sites for hydroxylation is 2. The highest BCUT2D eigenvalue weighted by Crippen LogP contribution is 2.53. The lowest BCUT2D eigenvalue weighted by Crippen LogP contribution is -2.19. The first-order chi connectivity index (χ1) is 38.8. The van der Waals surface area contributed by atoms with E-state index in [4.69, 9.17) is 28.4 Å². The van der Waals surface area contributed by atoms with Gasteiger partial charge in [0.05, 0.1) is 59.9 Å². The van der Waals surface area contributed by atoms with Crippen molar-refractivity contribution in [3.8, 4) is 34.4 Å². The SMILES string of the molecule is CCCCC(Sc1c(C)cc(C(C)(CCCC)Sc2c(C)cccc2-n2c3ccccc3c3ccccc32)cc1-n1c2ccccc2c2ccccc21)c1ccc2c(c1)OCCOCCOc1ccccc1OCCOCCO2. The summed E-state index contributed by atoms with van der Waals surface area (Å²) >= 11 is 4.02. The van der Waals surface area contributed by atoms with Crippen molar-refractivity contribution in [3.63, 3.8) is 0 Å². The van der Waals surface area contributed by atoms with E-state index in [-0.39, 0.29) is 10.00 Å². The van der Waals surface area contributed by atoms with Crippen LogP contribution >= 0.6 is 23.5 Å². The second kappa shape index (κ2) is 25.1. The Morgan fingerprint density at radius 1 is 0.456 bits per heavy atom. The molecule has 0 radical (unpaired) electrons. The number of ether oxygens (including phenoxy) is 6. The van der Waals surface area contributed by atoms with E-state index < -0.39 is 0 Å². The Hall–Kier alpha value is -6.82. The standard InChI is InChI=1S/C69H72N2O6S2/c1-6-8-33-66(50-34-35-64-65(46-50)77-44-40-73-38-42-75-63-32-19-18-31-62(63)74-41-37-72-39-43-76-64)78-67-49(4)45-51(47-61(67)71-58-28-16-12-24-54(58)55-25-13-17-29-59(55)71)69(5,36-9-7-2)79-68-48(3)21-20-30-60(68)70-56-26-14-10-22-52(56)53-23-11-15-27-57(53)70/h10-32,34-35,45-47,66H,6-9,33,36-44H2,1-5H3. The Morgan fingerprint density at radius 2 is 0.937 bits per heavy atom. The summed E-state index contributed by atoms with van der Waals surface area (Å²) in [5.74, 6) is 2.76. The molecule has 0 N–H and O–H groups in total. The van der Waals surface area contributed by atoms with Crippen LogP contribution in [0, 0.1) is 13.8 Å². The summed E-state index contributed by atoms with van der Waals surface area (Å²) in [6.45, 7) is 14.9. The average Bonchev–Trinajstić information content (AvgIpc) is 4.22. The number of benzene rings is 8. The highest BCUT2D eigenvalue weighted by molar-refractivity contribution is 8.00. The Bertz CT molecular complexity index is 3610. The first-order valence-electron chi connectivity index (χ1n) is 28.3. The van der Waals surface area contributed by atoms with Crippen LogP contribution in [0.2, 0.25) is 0 Å². The number of nitrogens with zero attached hydrogens (tertiary/aromatic N) is 2. The lowest BCUT2D eigenvalue weighted by atomic mass is 9.92. The van der Waals surface area contributed by atoms with Crippen molar-refractivity contribution in [2.75, 3.05) is 52.9 Å². The highest BCUT2D eigenvalue weighted by atomic mass is 32.2. The van der Waals surface area contributed by atoms with E-state index in [1.54, 1.807) is 0 Å². The van der Waals surface area contributed by atoms with Gasteiger partial charge in [0.15, 0.2) is 23.0 Å². The topological polar surface area (TPSA) is 65.2 Å². The van der Waals surface area contributed by atoms with Gasteiger partial charge in [-0.1, -0.05) is 149 Å². The molecule has 11 rings (SSSR count). The molecule has 1 aliphatic heterocycles. The molecule has 2 atom stereocenters. The van der Waals surface area contributed by atoms with E-state index in [0.717, 1.165) is 38.5 Å². The quantitative estimate of drug-likeness (QED) is 0.0998. The highest BCUT2D eigenvalue weighted by Gasteiger charge is 2.33. The predicted molar refractivity (Wildman–Crippen MR) is 328 cm³/mol. The Kier molecular flexibility index (Phi) is 17.2. The van der Waals surface area contributed by atoms with Gasteiger partial charge in [-0.25, -0.2) is 0 Å². The molecule has 79 heavy (non-hydrogen) atoms. The van der Waals surface area contributed by atoms with Crippen molar-refractivity contribution in [3.05, 3.63) is 192 Å². The molecule has 0 amide bonds. The van der Waals surface area contributed by atoms with Gasteiger partial charge < -0.3 is 37.6 Å². The van der Waals surface area contributed by atoms with Gasteiger partial charge in [-0.15, -0.1) is 23.5 Å². The Labute approximate surface area is 474 Å². The van der Waals surface area contributed by atoms with Gasteiger partial charge in [0, 0.05) is 41.3 Å². The van der Waals surface area contributed by atoms with E-state index in [2.05, 4.69) is 189 Å². The molecular formula is C69H72N2O6S2. The molecule has 1 aliphatic rings. The second-order valence-corrected chi connectivity index (χ2v) is 23.5. The largest absolute Gasteiger partial charge is 0.487 e. The van der Waals surface area contributed by atoms with Gasteiger partial charge in [-0.3, -0.25) is 0 Å². The molecule has 0 aliphatic carbocycles. The molecule has 3 heterocycles. The van der Waals surface area contributed by atoms with Crippen LogP contribution in [0.4, 0.5) is 0 Å². The van der Waals surface area contributed by atoms with E-state index in [9.17, 15) is 0 Å². The number of hydrogen-bond donors (Lipinski definition) is 0. The number of rotatable bonds is 14. The zero-order chi connectivity index (χ0) is 54.1. The molecule has 0 saturated heterocycles. The van der Waals surface area contributed by atoms with Crippen LogP contribution in [0.5, 0.6) is 23.0 Å². The normalized spacial score (nSPS) is 15.0. The van der Waals surface area contributed by atoms with Crippen molar-refractivity contribution < 1.29 is 28.4 Å². The average molecular weight is 1090 g/mol. The van der Waals surface area contributed by atoms with Gasteiger partial charge in [0.2, 0.25) is 0 Å². The molecule has 8 aromatic carbocycles. The minimum absolute atomic E-state index is 0.111. The lowest BCUT2D eigenvalue weighted by Gasteiger charge is -2.33. The molecule has 0 bridgehead atoms. The summed E-state index contributed by atoms with van der Waals surface area (Å²) < 4.78 is 41.8. The minimum atomic E-state index is -0.294. The molecule has 0 saturated carbocycles. The second-order valence-electron chi connectivity index (χ2n) is 20.8. The van der Waals surface area contributed by atoms with Crippen molar-refractivity contribution in [1.82, 2.24) is 9.13 Å². The molecule has 0 spiro atoms. The molecule has 2 unspecified atom stereocenters. The van der Waals surface area contributed by atoms with Gasteiger partial charge in [0.25, 0.3) is 0 Å². The first kappa shape index (κ1) is 54.2. The number of aromatic nitrogens is 2. The van der Waals surface area contributed by atoms with Crippen molar-refractivity contribution in [1.29, 1.82) is 0 Å². The predicted octanol–water partition coefficient (Wildman–Crippen LogP) is 18.0. The van der Waals surface area contributed by atoms with E-state index in [1.807, 2.05) is 47.8 Å². The van der Waals surface area contributed by atoms with Crippen molar-refractivity contribution in [2.45, 2.75) is 92.9 Å². The lowest BCUT2D eigenvalue weighted by molar-refractivity contribution is 0.0640. The zero-order valence-electron chi connectivity index (χ0n) is 46.3. The molecule has 10 aromatic rings. The maximum absolute atomic E-state index is 6.59. The summed E-state index contributed by atoms with van der Waals surface area (Å²) in [6, 6.07) is 61.7. The summed E-state index contributed by atoms with van der Waals surface area (Å²) in [5.41, 5.74) is 12.3. The maximum Gasteiger partial charge on any atom is 0.161 e. The summed E-state index contributed by atoms with van der Waals surface area (Å²) in [4.78, 5) is 2.58. The van der Waals surface area contributed by atoms with Crippen LogP contribution in [-0.4, -0.2) is 62.0 Å². The fourth-order valence-corrected chi connectivity index (χ4v) is 14.0. The monoisotopic (exact) mass is 1090 g/mol. The third-order valence-electron chi connectivity index (χ3n) is 15.2. The van der Waals surface area contributed by atoms with Crippen LogP contribution in [-0.2, 0) is 14.2 Å². The third-order valence-corrected chi connectivity index (χ3v) is 18.4. The first-order valence-corrected chi connectivity index (χ1v) is 30.0. The summed E-state index contributed by atoms with van der Waals surface area (Å²) in [7, 11) is 0. The number of hydrogen-bond acceptors (Lipinski definition) is 8. The Morgan fingerprint density at radius 3 is 1.47 bits per heavy atom. The number of para-hydroxylation sites is 6. The number of fused-ring (bicyclic) bond motifs is 8. The van der Waals surface area contributed by atoms with Gasteiger partial charge in [0.1, 0.15) is 26.4 Å². The van der Waals surface area contributed by atoms with E-state index >= 15 is 0 Å². The molecular weight excluding hydrogens is 1020 g/mol. The molecule has 10 heteroatoms. The molecule has 2 aromatic heterocycles. The van der Waals surface area contributed by atoms with Crippen LogP contribution in [0.3, 0.4) is 0 Å². The van der Waals surface area contributed by atoms with Crippen molar-refractivity contribution in [2.24, 2.45) is 0 Å². The smallest absolute Gasteiger partial charge is 0.161 e. The summed E-state index contributed by atoms with van der Waals surface area (Å²) in [6.07, 6.45) is 6.36. The maximum atomic E-state index is 6.59. The van der Waals surface area contributed by atoms with Crippen LogP contribution in [0.1, 0.15) is 86.8 Å². The van der Waals surface area contributed by atoms with Crippen LogP contribution < -0.4 is 18.9 Å². The molecule has 0 fully saturated rings. The minimum Gasteiger partial charge on any atom is -0.487 e. The van der Waals surface area contributed by atoms with E-state index in [1.165, 1.54) is 87.0 Å². The Balaban J connectivity index is 0.991.